The lowest BCUT2D eigenvalue weighted by molar-refractivity contribution is 1.39. The summed E-state index contributed by atoms with van der Waals surface area (Å²) in [6.07, 6.45) is 0. The van der Waals surface area contributed by atoms with Crippen molar-refractivity contribution in [2.45, 2.75) is 20.8 Å². The van der Waals surface area contributed by atoms with E-state index in [1.807, 2.05) is 0 Å². The van der Waals surface area contributed by atoms with Gasteiger partial charge in [0.2, 0.25) is 0 Å². The molecule has 32 heavy (non-hydrogen) atoms. The topological polar surface area (TPSA) is 0 Å². The predicted octanol–water partition coefficient (Wildman–Crippen LogP) is 7.19. The van der Waals surface area contributed by atoms with Crippen LogP contribution in [0.5, 0.6) is 0 Å². The highest BCUT2D eigenvalue weighted by Gasteiger charge is 2.23. The van der Waals surface area contributed by atoms with Gasteiger partial charge in [0, 0.05) is 0 Å². The van der Waals surface area contributed by atoms with Crippen LogP contribution in [-0.4, -0.2) is 0 Å². The molecule has 0 nitrogen and oxygen atoms in total. The van der Waals surface area contributed by atoms with Gasteiger partial charge in [-0.15, -0.1) is 0 Å². The Labute approximate surface area is 192 Å². The quantitative estimate of drug-likeness (QED) is 0.265. The minimum absolute atomic E-state index is 0.691. The second kappa shape index (κ2) is 8.73. The Morgan fingerprint density at radius 3 is 1.75 bits per heavy atom. The van der Waals surface area contributed by atoms with Crippen LogP contribution in [0.4, 0.5) is 0 Å². The van der Waals surface area contributed by atoms with E-state index in [0.717, 1.165) is 0 Å². The smallest absolute Gasteiger partial charge is 0.00619 e. The summed E-state index contributed by atoms with van der Waals surface area (Å²) in [7, 11) is -0.691. The molecule has 0 spiro atoms. The summed E-state index contributed by atoms with van der Waals surface area (Å²) in [6, 6.07) is 40.1. The number of hydrogen-bond donors (Lipinski definition) is 0. The highest BCUT2D eigenvalue weighted by Crippen LogP contribution is 2.41. The van der Waals surface area contributed by atoms with Crippen LogP contribution < -0.4 is 15.9 Å². The number of aryl methyl sites for hydroxylation is 3. The predicted molar refractivity (Wildman–Crippen MR) is 142 cm³/mol. The second-order valence-corrected chi connectivity index (χ2v) is 10.6. The van der Waals surface area contributed by atoms with E-state index < -0.39 is 7.92 Å². The van der Waals surface area contributed by atoms with Crippen molar-refractivity contribution in [2.75, 3.05) is 0 Å². The lowest BCUT2D eigenvalue weighted by Crippen LogP contribution is -2.23. The fourth-order valence-corrected chi connectivity index (χ4v) is 7.38. The largest absolute Gasteiger partial charge is 0.0622 e. The molecule has 0 N–H and O–H groups in total. The average molecular weight is 431 g/mol. The molecule has 0 aliphatic carbocycles. The molecule has 0 aliphatic rings. The fourth-order valence-electron chi connectivity index (χ4n) is 4.74. The van der Waals surface area contributed by atoms with Crippen molar-refractivity contribution >= 4 is 34.6 Å². The lowest BCUT2D eigenvalue weighted by Gasteiger charge is -2.26. The van der Waals surface area contributed by atoms with E-state index in [1.165, 1.54) is 54.5 Å². The van der Waals surface area contributed by atoms with Crippen molar-refractivity contribution in [3.8, 4) is 11.1 Å². The van der Waals surface area contributed by atoms with Crippen molar-refractivity contribution in [3.63, 3.8) is 0 Å². The SMILES string of the molecule is Cc1cc(C)c(-c2c(C)ccc3ccccc23)c(P(c2ccccc2)c2ccccc2)c1. The zero-order chi connectivity index (χ0) is 22.1. The summed E-state index contributed by atoms with van der Waals surface area (Å²) in [5, 5.41) is 6.84. The van der Waals surface area contributed by atoms with E-state index in [4.69, 9.17) is 0 Å². The van der Waals surface area contributed by atoms with Crippen LogP contribution in [0.25, 0.3) is 21.9 Å². The molecule has 156 valence electrons. The first-order valence-corrected chi connectivity index (χ1v) is 12.5. The average Bonchev–Trinajstić information content (AvgIpc) is 2.81. The Morgan fingerprint density at radius 1 is 0.500 bits per heavy atom. The Bertz CT molecular complexity index is 1350. The van der Waals surface area contributed by atoms with Gasteiger partial charge in [0.1, 0.15) is 0 Å². The summed E-state index contributed by atoms with van der Waals surface area (Å²) < 4.78 is 0. The van der Waals surface area contributed by atoms with Crippen LogP contribution in [0.15, 0.2) is 109 Å². The Hall–Kier alpha value is -3.21. The molecule has 0 aromatic heterocycles. The first-order valence-electron chi connectivity index (χ1n) is 11.1. The summed E-state index contributed by atoms with van der Waals surface area (Å²) in [5.74, 6) is 0. The normalized spacial score (nSPS) is 11.2. The van der Waals surface area contributed by atoms with Crippen molar-refractivity contribution in [1.82, 2.24) is 0 Å². The molecule has 0 heterocycles. The van der Waals surface area contributed by atoms with Crippen LogP contribution in [0, 0.1) is 20.8 Å². The molecule has 0 saturated heterocycles. The van der Waals surface area contributed by atoms with Gasteiger partial charge in [0.05, 0.1) is 0 Å². The molecule has 0 aliphatic heterocycles. The molecule has 5 aromatic rings. The lowest BCUT2D eigenvalue weighted by atomic mass is 9.90. The Balaban J connectivity index is 1.88. The van der Waals surface area contributed by atoms with E-state index in [2.05, 4.69) is 130 Å². The number of hydrogen-bond acceptors (Lipinski definition) is 0. The summed E-state index contributed by atoms with van der Waals surface area (Å²) >= 11 is 0. The molecule has 5 aromatic carbocycles. The first-order chi connectivity index (χ1) is 15.6. The standard InChI is InChI=1S/C31H27P/c1-22-20-24(3)31(30-23(2)18-19-25-12-10-11-17-28(25)30)29(21-22)32(26-13-6-4-7-14-26)27-15-8-5-9-16-27/h4-21H,1-3H3. The van der Waals surface area contributed by atoms with Gasteiger partial charge < -0.3 is 0 Å². The number of rotatable bonds is 4. The summed E-state index contributed by atoms with van der Waals surface area (Å²) in [5.41, 5.74) is 6.75. The van der Waals surface area contributed by atoms with Crippen LogP contribution in [-0.2, 0) is 0 Å². The zero-order valence-electron chi connectivity index (χ0n) is 18.8. The van der Waals surface area contributed by atoms with Gasteiger partial charge >= 0.3 is 0 Å². The molecule has 0 bridgehead atoms. The van der Waals surface area contributed by atoms with E-state index >= 15 is 0 Å². The van der Waals surface area contributed by atoms with Crippen LogP contribution in [0.3, 0.4) is 0 Å². The maximum Gasteiger partial charge on any atom is -0.00619 e. The summed E-state index contributed by atoms with van der Waals surface area (Å²) in [4.78, 5) is 0. The van der Waals surface area contributed by atoms with Gasteiger partial charge in [-0.05, 0) is 77.6 Å². The van der Waals surface area contributed by atoms with Gasteiger partial charge in [-0.1, -0.05) is 115 Å². The van der Waals surface area contributed by atoms with Crippen molar-refractivity contribution in [3.05, 3.63) is 126 Å². The van der Waals surface area contributed by atoms with Gasteiger partial charge in [0.15, 0.2) is 0 Å². The molecule has 0 unspecified atom stereocenters. The molecular formula is C31H27P. The van der Waals surface area contributed by atoms with Crippen LogP contribution in [0.1, 0.15) is 16.7 Å². The summed E-state index contributed by atoms with van der Waals surface area (Å²) in [6.45, 7) is 6.74. The van der Waals surface area contributed by atoms with Crippen molar-refractivity contribution in [2.24, 2.45) is 0 Å². The van der Waals surface area contributed by atoms with E-state index in [9.17, 15) is 0 Å². The third kappa shape index (κ3) is 3.77. The number of fused-ring (bicyclic) bond motifs is 1. The Kier molecular flexibility index (Phi) is 5.64. The highest BCUT2D eigenvalue weighted by molar-refractivity contribution is 7.80. The molecule has 0 radical (unpaired) electrons. The zero-order valence-corrected chi connectivity index (χ0v) is 19.7. The van der Waals surface area contributed by atoms with Gasteiger partial charge in [-0.2, -0.15) is 0 Å². The van der Waals surface area contributed by atoms with Crippen LogP contribution in [0.2, 0.25) is 0 Å². The van der Waals surface area contributed by atoms with Crippen molar-refractivity contribution in [1.29, 1.82) is 0 Å². The number of benzene rings is 5. The van der Waals surface area contributed by atoms with Gasteiger partial charge in [-0.25, -0.2) is 0 Å². The minimum atomic E-state index is -0.691. The highest BCUT2D eigenvalue weighted by atomic mass is 31.1. The Morgan fingerprint density at radius 2 is 1.09 bits per heavy atom. The van der Waals surface area contributed by atoms with Crippen molar-refractivity contribution < 1.29 is 0 Å². The molecule has 0 atom stereocenters. The van der Waals surface area contributed by atoms with E-state index in [-0.39, 0.29) is 0 Å². The minimum Gasteiger partial charge on any atom is -0.0622 e. The molecule has 0 fully saturated rings. The fraction of sp³-hybridized carbons (Fsp3) is 0.0968. The third-order valence-electron chi connectivity index (χ3n) is 6.12. The van der Waals surface area contributed by atoms with E-state index in [0.29, 0.717) is 0 Å². The molecular weight excluding hydrogens is 403 g/mol. The van der Waals surface area contributed by atoms with Gasteiger partial charge in [-0.3, -0.25) is 0 Å². The second-order valence-electron chi connectivity index (χ2n) is 8.46. The maximum atomic E-state index is 2.43. The first kappa shape index (κ1) is 20.7. The molecule has 0 amide bonds. The van der Waals surface area contributed by atoms with Gasteiger partial charge in [0.25, 0.3) is 0 Å². The molecule has 1 heteroatoms. The van der Waals surface area contributed by atoms with Crippen LogP contribution >= 0.6 is 7.92 Å². The molecule has 5 rings (SSSR count). The van der Waals surface area contributed by atoms with E-state index in [1.54, 1.807) is 0 Å². The third-order valence-corrected chi connectivity index (χ3v) is 8.58. The maximum absolute atomic E-state index is 2.43. The molecule has 0 saturated carbocycles. The monoisotopic (exact) mass is 430 g/mol.